The first kappa shape index (κ1) is 12.5. The second-order valence-electron chi connectivity index (χ2n) is 4.08. The highest BCUT2D eigenvalue weighted by Crippen LogP contribution is 2.21. The Morgan fingerprint density at radius 3 is 2.94 bits per heavy atom. The van der Waals surface area contributed by atoms with Crippen LogP contribution in [-0.2, 0) is 13.2 Å². The summed E-state index contributed by atoms with van der Waals surface area (Å²) in [5.74, 6) is 1.41. The summed E-state index contributed by atoms with van der Waals surface area (Å²) in [7, 11) is 0. The van der Waals surface area contributed by atoms with Crippen LogP contribution in [0.5, 0.6) is 5.75 Å². The predicted octanol–water partition coefficient (Wildman–Crippen LogP) is 0.828. The van der Waals surface area contributed by atoms with Crippen molar-refractivity contribution in [1.29, 1.82) is 0 Å². The van der Waals surface area contributed by atoms with Gasteiger partial charge in [0.1, 0.15) is 5.75 Å². The van der Waals surface area contributed by atoms with Crippen molar-refractivity contribution in [2.45, 2.75) is 27.0 Å². The van der Waals surface area contributed by atoms with Crippen LogP contribution in [0, 0.1) is 13.8 Å². The van der Waals surface area contributed by atoms with Crippen molar-refractivity contribution >= 4 is 0 Å². The molecular weight excluding hydrogens is 230 g/mol. The van der Waals surface area contributed by atoms with Crippen molar-refractivity contribution in [1.82, 2.24) is 20.2 Å². The number of hydrogen-bond acceptors (Lipinski definition) is 5. The van der Waals surface area contributed by atoms with E-state index < -0.39 is 0 Å². The Kier molecular flexibility index (Phi) is 3.88. The summed E-state index contributed by atoms with van der Waals surface area (Å²) in [6.45, 7) is 5.46. The molecule has 0 aliphatic heterocycles. The first-order valence-corrected chi connectivity index (χ1v) is 5.86. The molecule has 0 spiro atoms. The Balaban J connectivity index is 2.00. The minimum absolute atomic E-state index is 0.314. The molecule has 6 heteroatoms. The van der Waals surface area contributed by atoms with E-state index in [9.17, 15) is 0 Å². The van der Waals surface area contributed by atoms with E-state index in [1.807, 2.05) is 19.1 Å². The summed E-state index contributed by atoms with van der Waals surface area (Å²) >= 11 is 0. The molecule has 0 bridgehead atoms. The van der Waals surface area contributed by atoms with Crippen molar-refractivity contribution in [3.05, 3.63) is 35.2 Å². The van der Waals surface area contributed by atoms with Gasteiger partial charge in [-0.25, -0.2) is 0 Å². The lowest BCUT2D eigenvalue weighted by atomic mass is 10.1. The Morgan fingerprint density at radius 2 is 2.17 bits per heavy atom. The molecule has 2 N–H and O–H groups in total. The summed E-state index contributed by atoms with van der Waals surface area (Å²) in [4.78, 5) is 1.47. The second kappa shape index (κ2) is 5.59. The molecule has 0 saturated heterocycles. The smallest absolute Gasteiger partial charge is 0.212 e. The van der Waals surface area contributed by atoms with Crippen molar-refractivity contribution in [3.63, 3.8) is 0 Å². The zero-order valence-corrected chi connectivity index (χ0v) is 10.6. The molecule has 1 heterocycles. The summed E-state index contributed by atoms with van der Waals surface area (Å²) in [5, 5.41) is 11.9. The molecule has 1 aromatic carbocycles. The molecule has 2 rings (SSSR count). The summed E-state index contributed by atoms with van der Waals surface area (Å²) in [6.07, 6.45) is 0. The minimum Gasteiger partial charge on any atom is -0.485 e. The second-order valence-corrected chi connectivity index (χ2v) is 4.08. The minimum atomic E-state index is 0.314. The molecule has 0 radical (unpaired) electrons. The number of hydrogen-bond donors (Lipinski definition) is 1. The molecule has 0 aliphatic rings. The van der Waals surface area contributed by atoms with E-state index in [0.29, 0.717) is 25.5 Å². The topological polar surface area (TPSA) is 78.9 Å². The molecule has 18 heavy (non-hydrogen) atoms. The zero-order chi connectivity index (χ0) is 13.0. The fraction of sp³-hybridized carbons (Fsp3) is 0.417. The van der Waals surface area contributed by atoms with Gasteiger partial charge in [-0.3, -0.25) is 0 Å². The van der Waals surface area contributed by atoms with Gasteiger partial charge in [0.05, 0.1) is 6.54 Å². The van der Waals surface area contributed by atoms with Crippen LogP contribution < -0.4 is 10.5 Å². The van der Waals surface area contributed by atoms with Gasteiger partial charge in [-0.2, -0.15) is 4.80 Å². The molecule has 96 valence electrons. The molecule has 0 fully saturated rings. The Hall–Kier alpha value is -1.95. The summed E-state index contributed by atoms with van der Waals surface area (Å²) in [6, 6.07) is 5.96. The lowest BCUT2D eigenvalue weighted by Gasteiger charge is -2.08. The fourth-order valence-corrected chi connectivity index (χ4v) is 1.57. The number of benzene rings is 1. The number of aryl methyl sites for hydroxylation is 1. The van der Waals surface area contributed by atoms with Crippen LogP contribution in [0.3, 0.4) is 0 Å². The molecule has 6 nitrogen and oxygen atoms in total. The van der Waals surface area contributed by atoms with Gasteiger partial charge in [0, 0.05) is 6.54 Å². The largest absolute Gasteiger partial charge is 0.485 e. The Labute approximate surface area is 106 Å². The van der Waals surface area contributed by atoms with Gasteiger partial charge >= 0.3 is 0 Å². The molecule has 0 aliphatic carbocycles. The van der Waals surface area contributed by atoms with E-state index in [2.05, 4.69) is 28.4 Å². The molecule has 0 saturated carbocycles. The highest BCUT2D eigenvalue weighted by molar-refractivity contribution is 5.38. The van der Waals surface area contributed by atoms with Gasteiger partial charge in [-0.15, -0.1) is 10.2 Å². The molecule has 0 amide bonds. The van der Waals surface area contributed by atoms with Crippen LogP contribution in [0.1, 0.15) is 17.0 Å². The van der Waals surface area contributed by atoms with Crippen molar-refractivity contribution in [2.75, 3.05) is 6.54 Å². The van der Waals surface area contributed by atoms with Crippen LogP contribution in [0.2, 0.25) is 0 Å². The normalized spacial score (nSPS) is 10.6. The lowest BCUT2D eigenvalue weighted by Crippen LogP contribution is -2.12. The first-order chi connectivity index (χ1) is 8.70. The maximum Gasteiger partial charge on any atom is 0.212 e. The van der Waals surface area contributed by atoms with Gasteiger partial charge in [0.25, 0.3) is 0 Å². The number of nitrogens with zero attached hydrogens (tertiary/aromatic N) is 4. The quantitative estimate of drug-likeness (QED) is 0.846. The van der Waals surface area contributed by atoms with Gasteiger partial charge in [0.2, 0.25) is 5.82 Å². The number of ether oxygens (including phenoxy) is 1. The van der Waals surface area contributed by atoms with E-state index in [0.717, 1.165) is 11.3 Å². The van der Waals surface area contributed by atoms with Crippen molar-refractivity contribution in [2.24, 2.45) is 5.73 Å². The number of nitrogens with two attached hydrogens (primary N) is 1. The van der Waals surface area contributed by atoms with Crippen molar-refractivity contribution in [3.8, 4) is 5.75 Å². The number of tetrazole rings is 1. The number of aromatic nitrogens is 4. The molecule has 2 aromatic rings. The third-order valence-electron chi connectivity index (χ3n) is 2.74. The molecule has 0 unspecified atom stereocenters. The maximum atomic E-state index is 5.69. The van der Waals surface area contributed by atoms with Crippen LogP contribution in [0.25, 0.3) is 0 Å². The van der Waals surface area contributed by atoms with Crippen LogP contribution in [0.4, 0.5) is 0 Å². The molecule has 0 atom stereocenters. The zero-order valence-electron chi connectivity index (χ0n) is 10.6. The Bertz CT molecular complexity index is 523. The third kappa shape index (κ3) is 2.84. The summed E-state index contributed by atoms with van der Waals surface area (Å²) < 4.78 is 5.69. The van der Waals surface area contributed by atoms with E-state index >= 15 is 0 Å². The Morgan fingerprint density at radius 1 is 1.33 bits per heavy atom. The van der Waals surface area contributed by atoms with E-state index in [1.165, 1.54) is 10.4 Å². The summed E-state index contributed by atoms with van der Waals surface area (Å²) in [5.41, 5.74) is 7.74. The maximum absolute atomic E-state index is 5.69. The highest BCUT2D eigenvalue weighted by atomic mass is 16.5. The highest BCUT2D eigenvalue weighted by Gasteiger charge is 2.06. The van der Waals surface area contributed by atoms with Crippen LogP contribution in [0.15, 0.2) is 18.2 Å². The number of rotatable bonds is 5. The van der Waals surface area contributed by atoms with Crippen LogP contribution >= 0.6 is 0 Å². The van der Waals surface area contributed by atoms with E-state index in [4.69, 9.17) is 10.5 Å². The monoisotopic (exact) mass is 247 g/mol. The van der Waals surface area contributed by atoms with E-state index in [-0.39, 0.29) is 0 Å². The average Bonchev–Trinajstić information content (AvgIpc) is 2.79. The van der Waals surface area contributed by atoms with Crippen molar-refractivity contribution < 1.29 is 4.74 Å². The molecule has 1 aromatic heterocycles. The fourth-order valence-electron chi connectivity index (χ4n) is 1.57. The predicted molar refractivity (Wildman–Crippen MR) is 67.1 cm³/mol. The standard InChI is InChI=1S/C12H17N5O/c1-9-4-3-5-11(10(9)2)18-8-12-14-16-17(15-12)7-6-13/h3-5H,6-8,13H2,1-2H3. The van der Waals surface area contributed by atoms with Gasteiger partial charge < -0.3 is 10.5 Å². The van der Waals surface area contributed by atoms with E-state index in [1.54, 1.807) is 0 Å². The average molecular weight is 247 g/mol. The molecular formula is C12H17N5O. The SMILES string of the molecule is Cc1cccc(OCc2nnn(CCN)n2)c1C. The van der Waals surface area contributed by atoms with Crippen LogP contribution in [-0.4, -0.2) is 26.8 Å². The first-order valence-electron chi connectivity index (χ1n) is 5.86. The van der Waals surface area contributed by atoms with Gasteiger partial charge in [0.15, 0.2) is 6.61 Å². The van der Waals surface area contributed by atoms with Gasteiger partial charge in [-0.1, -0.05) is 12.1 Å². The lowest BCUT2D eigenvalue weighted by molar-refractivity contribution is 0.293. The third-order valence-corrected chi connectivity index (χ3v) is 2.74. The van der Waals surface area contributed by atoms with Gasteiger partial charge in [-0.05, 0) is 36.3 Å².